The Kier molecular flexibility index (Phi) is 3.86. The van der Waals surface area contributed by atoms with Crippen LogP contribution >= 0.6 is 0 Å². The third-order valence-corrected chi connectivity index (χ3v) is 3.32. The van der Waals surface area contributed by atoms with Crippen molar-refractivity contribution < 1.29 is 8.78 Å². The topological polar surface area (TPSA) is 59.6 Å². The number of nitriles is 2. The predicted molar refractivity (Wildman–Crippen MR) is 75.0 cm³/mol. The van der Waals surface area contributed by atoms with Gasteiger partial charge in [0.25, 0.3) is 0 Å². The van der Waals surface area contributed by atoms with E-state index in [-0.39, 0.29) is 33.6 Å². The van der Waals surface area contributed by atoms with Crippen molar-refractivity contribution in [1.82, 2.24) is 0 Å². The van der Waals surface area contributed by atoms with Crippen LogP contribution in [0.4, 0.5) is 20.2 Å². The summed E-state index contributed by atoms with van der Waals surface area (Å²) in [7, 11) is 0. The zero-order valence-electron chi connectivity index (χ0n) is 11.5. The first-order valence-electron chi connectivity index (χ1n) is 6.15. The largest absolute Gasteiger partial charge is 0.352 e. The van der Waals surface area contributed by atoms with Gasteiger partial charge in [-0.05, 0) is 37.1 Å². The van der Waals surface area contributed by atoms with Gasteiger partial charge in [-0.15, -0.1) is 0 Å². The molecule has 5 heteroatoms. The molecule has 0 bridgehead atoms. The molecule has 21 heavy (non-hydrogen) atoms. The lowest BCUT2D eigenvalue weighted by Gasteiger charge is -2.13. The fraction of sp³-hybridized carbons (Fsp3) is 0.125. The molecule has 0 aliphatic carbocycles. The third-order valence-electron chi connectivity index (χ3n) is 3.32. The van der Waals surface area contributed by atoms with E-state index in [2.05, 4.69) is 5.32 Å². The van der Waals surface area contributed by atoms with Gasteiger partial charge in [-0.2, -0.15) is 10.5 Å². The Morgan fingerprint density at radius 3 is 2.33 bits per heavy atom. The number of rotatable bonds is 2. The first kappa shape index (κ1) is 14.5. The van der Waals surface area contributed by atoms with E-state index in [1.54, 1.807) is 6.07 Å². The first-order valence-corrected chi connectivity index (χ1v) is 6.15. The molecule has 0 atom stereocenters. The van der Waals surface area contributed by atoms with Gasteiger partial charge in [-0.1, -0.05) is 6.07 Å². The molecule has 0 amide bonds. The number of benzene rings is 2. The molecule has 3 nitrogen and oxygen atoms in total. The van der Waals surface area contributed by atoms with E-state index < -0.39 is 11.6 Å². The summed E-state index contributed by atoms with van der Waals surface area (Å²) in [6.45, 7) is 2.98. The second kappa shape index (κ2) is 5.60. The van der Waals surface area contributed by atoms with Crippen molar-refractivity contribution >= 4 is 11.4 Å². The molecule has 0 saturated carbocycles. The Morgan fingerprint density at radius 2 is 1.71 bits per heavy atom. The minimum absolute atomic E-state index is 0.0674. The highest BCUT2D eigenvalue weighted by Crippen LogP contribution is 2.28. The predicted octanol–water partition coefficient (Wildman–Crippen LogP) is 4.07. The van der Waals surface area contributed by atoms with Gasteiger partial charge in [-0.3, -0.25) is 0 Å². The highest BCUT2D eigenvalue weighted by atomic mass is 19.1. The monoisotopic (exact) mass is 283 g/mol. The van der Waals surface area contributed by atoms with Gasteiger partial charge in [0, 0.05) is 6.07 Å². The number of anilines is 2. The number of nitrogens with one attached hydrogen (secondary N) is 1. The van der Waals surface area contributed by atoms with Crippen LogP contribution in [0, 0.1) is 48.1 Å². The SMILES string of the molecule is Cc1c(F)cc(Nc2cccc(C#N)c2C#N)c(F)c1C. The van der Waals surface area contributed by atoms with Gasteiger partial charge >= 0.3 is 0 Å². The zero-order valence-corrected chi connectivity index (χ0v) is 11.5. The van der Waals surface area contributed by atoms with Crippen LogP contribution < -0.4 is 5.32 Å². The molecule has 0 heterocycles. The molecule has 0 radical (unpaired) electrons. The number of nitrogens with zero attached hydrogens (tertiary/aromatic N) is 2. The second-order valence-electron chi connectivity index (χ2n) is 4.55. The van der Waals surface area contributed by atoms with E-state index >= 15 is 0 Å². The van der Waals surface area contributed by atoms with Gasteiger partial charge in [0.05, 0.1) is 22.5 Å². The number of hydrogen-bond donors (Lipinski definition) is 1. The van der Waals surface area contributed by atoms with Crippen LogP contribution in [0.5, 0.6) is 0 Å². The van der Waals surface area contributed by atoms with Crippen LogP contribution in [-0.2, 0) is 0 Å². The van der Waals surface area contributed by atoms with E-state index in [4.69, 9.17) is 10.5 Å². The Labute approximate surface area is 121 Å². The molecule has 0 spiro atoms. The van der Waals surface area contributed by atoms with Crippen molar-refractivity contribution in [3.8, 4) is 12.1 Å². The molecule has 104 valence electrons. The van der Waals surface area contributed by atoms with Crippen LogP contribution in [0.1, 0.15) is 22.3 Å². The third kappa shape index (κ3) is 2.54. The highest BCUT2D eigenvalue weighted by molar-refractivity contribution is 5.71. The summed E-state index contributed by atoms with van der Waals surface area (Å²) in [4.78, 5) is 0. The fourth-order valence-electron chi connectivity index (χ4n) is 1.95. The summed E-state index contributed by atoms with van der Waals surface area (Å²) in [6, 6.07) is 9.41. The van der Waals surface area contributed by atoms with Crippen LogP contribution in [-0.4, -0.2) is 0 Å². The lowest BCUT2D eigenvalue weighted by molar-refractivity contribution is 0.588. The highest BCUT2D eigenvalue weighted by Gasteiger charge is 2.15. The summed E-state index contributed by atoms with van der Waals surface area (Å²) in [5.74, 6) is -1.12. The van der Waals surface area contributed by atoms with Gasteiger partial charge in [0.15, 0.2) is 0 Å². The molecule has 0 unspecified atom stereocenters. The molecule has 2 aromatic carbocycles. The van der Waals surface area contributed by atoms with E-state index in [9.17, 15) is 8.78 Å². The second-order valence-corrected chi connectivity index (χ2v) is 4.55. The van der Waals surface area contributed by atoms with Crippen LogP contribution in [0.15, 0.2) is 24.3 Å². The summed E-state index contributed by atoms with van der Waals surface area (Å²) >= 11 is 0. The minimum atomic E-state index is -0.583. The summed E-state index contributed by atoms with van der Waals surface area (Å²) in [5.41, 5.74) is 0.905. The molecule has 2 rings (SSSR count). The van der Waals surface area contributed by atoms with Crippen molar-refractivity contribution in [2.24, 2.45) is 0 Å². The maximum absolute atomic E-state index is 14.2. The van der Waals surface area contributed by atoms with Gasteiger partial charge < -0.3 is 5.32 Å². The lowest BCUT2D eigenvalue weighted by atomic mass is 10.1. The molecule has 0 aromatic heterocycles. The Bertz CT molecular complexity index is 799. The molecular weight excluding hydrogens is 272 g/mol. The Hall–Kier alpha value is -2.92. The van der Waals surface area contributed by atoms with Crippen molar-refractivity contribution in [3.63, 3.8) is 0 Å². The average Bonchev–Trinajstić information content (AvgIpc) is 2.50. The molecule has 0 saturated heterocycles. The van der Waals surface area contributed by atoms with Crippen LogP contribution in [0.2, 0.25) is 0 Å². The average molecular weight is 283 g/mol. The normalized spacial score (nSPS) is 9.81. The quantitative estimate of drug-likeness (QED) is 0.903. The van der Waals surface area contributed by atoms with Gasteiger partial charge in [0.1, 0.15) is 23.8 Å². The fourth-order valence-corrected chi connectivity index (χ4v) is 1.95. The maximum atomic E-state index is 14.2. The first-order chi connectivity index (χ1) is 9.99. The van der Waals surface area contributed by atoms with Crippen molar-refractivity contribution in [1.29, 1.82) is 10.5 Å². The Morgan fingerprint density at radius 1 is 1.00 bits per heavy atom. The smallest absolute Gasteiger partial charge is 0.150 e. The maximum Gasteiger partial charge on any atom is 0.150 e. The standard InChI is InChI=1S/C16H11F2N3/c1-9-10(2)16(18)15(6-13(9)17)21-14-5-3-4-11(7-19)12(14)8-20/h3-6,21H,1-2H3. The van der Waals surface area contributed by atoms with E-state index in [0.717, 1.165) is 6.07 Å². The van der Waals surface area contributed by atoms with Crippen LogP contribution in [0.3, 0.4) is 0 Å². The molecule has 0 aliphatic rings. The van der Waals surface area contributed by atoms with Gasteiger partial charge in [0.2, 0.25) is 0 Å². The number of hydrogen-bond acceptors (Lipinski definition) is 3. The zero-order chi connectivity index (χ0) is 15.6. The summed E-state index contributed by atoms with van der Waals surface area (Å²) in [6.07, 6.45) is 0. The molecular formula is C16H11F2N3. The van der Waals surface area contributed by atoms with Crippen molar-refractivity contribution in [2.45, 2.75) is 13.8 Å². The summed E-state index contributed by atoms with van der Waals surface area (Å²) in [5, 5.41) is 20.8. The minimum Gasteiger partial charge on any atom is -0.352 e. The van der Waals surface area contributed by atoms with E-state index in [1.165, 1.54) is 26.0 Å². The Balaban J connectivity index is 2.55. The number of halogens is 2. The molecule has 0 aliphatic heterocycles. The van der Waals surface area contributed by atoms with E-state index in [0.29, 0.717) is 0 Å². The van der Waals surface area contributed by atoms with Crippen molar-refractivity contribution in [3.05, 3.63) is 58.2 Å². The molecule has 2 aromatic rings. The summed E-state index contributed by atoms with van der Waals surface area (Å²) < 4.78 is 27.9. The van der Waals surface area contributed by atoms with Crippen molar-refractivity contribution in [2.75, 3.05) is 5.32 Å². The molecule has 1 N–H and O–H groups in total. The van der Waals surface area contributed by atoms with E-state index in [1.807, 2.05) is 12.1 Å². The molecule has 0 fully saturated rings. The van der Waals surface area contributed by atoms with Gasteiger partial charge in [-0.25, -0.2) is 8.78 Å². The lowest BCUT2D eigenvalue weighted by Crippen LogP contribution is -2.02. The van der Waals surface area contributed by atoms with Crippen LogP contribution in [0.25, 0.3) is 0 Å².